The molecule has 0 saturated carbocycles. The minimum atomic E-state index is -1.39. The second-order valence-electron chi connectivity index (χ2n) is 2.70. The Morgan fingerprint density at radius 1 is 1.53 bits per heavy atom. The van der Waals surface area contributed by atoms with Crippen LogP contribution in [0.5, 0.6) is 0 Å². The Morgan fingerprint density at radius 3 is 2.60 bits per heavy atom. The molecule has 8 heteroatoms. The number of aliphatic carboxylic acids is 1. The number of carbonyl (C=O) groups is 2. The first-order chi connectivity index (χ1) is 7.04. The van der Waals surface area contributed by atoms with Crippen LogP contribution in [0.1, 0.15) is 10.5 Å². The number of amides is 1. The van der Waals surface area contributed by atoms with E-state index in [0.717, 1.165) is 6.20 Å². The second-order valence-corrected chi connectivity index (χ2v) is 2.70. The minimum Gasteiger partial charge on any atom is -0.480 e. The van der Waals surface area contributed by atoms with Gasteiger partial charge in [0.1, 0.15) is 5.69 Å². The summed E-state index contributed by atoms with van der Waals surface area (Å²) >= 11 is 0. The number of imidazole rings is 1. The molecule has 15 heavy (non-hydrogen) atoms. The Balaban J connectivity index is 2.70. The number of rotatable bonds is 4. The highest BCUT2D eigenvalue weighted by atomic mass is 16.4. The van der Waals surface area contributed by atoms with Crippen molar-refractivity contribution in [3.8, 4) is 0 Å². The molecule has 0 fully saturated rings. The second kappa shape index (κ2) is 4.42. The van der Waals surface area contributed by atoms with Crippen molar-refractivity contribution in [1.29, 1.82) is 0 Å². The molecular weight excluding hydrogens is 206 g/mol. The molecule has 0 aliphatic heterocycles. The first-order valence-corrected chi connectivity index (χ1v) is 3.97. The molecule has 0 bridgehead atoms. The van der Waals surface area contributed by atoms with E-state index in [4.69, 9.17) is 10.2 Å². The average molecular weight is 215 g/mol. The van der Waals surface area contributed by atoms with Crippen molar-refractivity contribution in [3.63, 3.8) is 0 Å². The van der Waals surface area contributed by atoms with Gasteiger partial charge in [-0.3, -0.25) is 4.79 Å². The van der Waals surface area contributed by atoms with E-state index in [0.29, 0.717) is 0 Å². The fraction of sp³-hybridized carbons (Fsp3) is 0.286. The van der Waals surface area contributed by atoms with Gasteiger partial charge < -0.3 is 25.5 Å². The first kappa shape index (κ1) is 11.0. The van der Waals surface area contributed by atoms with E-state index in [1.807, 2.05) is 5.32 Å². The van der Waals surface area contributed by atoms with Gasteiger partial charge in [-0.1, -0.05) is 0 Å². The largest absolute Gasteiger partial charge is 0.480 e. The van der Waals surface area contributed by atoms with E-state index in [9.17, 15) is 14.4 Å². The highest BCUT2D eigenvalue weighted by Crippen LogP contribution is 1.90. The van der Waals surface area contributed by atoms with Crippen molar-refractivity contribution in [2.75, 3.05) is 6.61 Å². The summed E-state index contributed by atoms with van der Waals surface area (Å²) in [5.41, 5.74) is -0.671. The molecule has 1 atom stereocenters. The van der Waals surface area contributed by atoms with E-state index in [1.54, 1.807) is 0 Å². The van der Waals surface area contributed by atoms with E-state index >= 15 is 0 Å². The molecule has 82 valence electrons. The maximum atomic E-state index is 11.3. The van der Waals surface area contributed by atoms with Crippen molar-refractivity contribution in [2.24, 2.45) is 0 Å². The lowest BCUT2D eigenvalue weighted by atomic mass is 10.3. The summed E-state index contributed by atoms with van der Waals surface area (Å²) in [7, 11) is 0. The van der Waals surface area contributed by atoms with Gasteiger partial charge in [0.25, 0.3) is 5.91 Å². The van der Waals surface area contributed by atoms with Crippen LogP contribution in [0.2, 0.25) is 0 Å². The number of carbonyl (C=O) groups excluding carboxylic acids is 1. The number of hydrogen-bond donors (Lipinski definition) is 5. The topological polar surface area (TPSA) is 135 Å². The van der Waals surface area contributed by atoms with Gasteiger partial charge in [0.15, 0.2) is 6.04 Å². The van der Waals surface area contributed by atoms with Crippen LogP contribution < -0.4 is 11.0 Å². The van der Waals surface area contributed by atoms with Gasteiger partial charge >= 0.3 is 11.7 Å². The van der Waals surface area contributed by atoms with Gasteiger partial charge in [0.2, 0.25) is 0 Å². The third kappa shape index (κ3) is 2.68. The van der Waals surface area contributed by atoms with E-state index in [2.05, 4.69) is 9.97 Å². The number of H-pyrrole nitrogens is 2. The van der Waals surface area contributed by atoms with Crippen LogP contribution >= 0.6 is 0 Å². The Hall–Kier alpha value is -2.09. The Kier molecular flexibility index (Phi) is 3.24. The summed E-state index contributed by atoms with van der Waals surface area (Å²) < 4.78 is 0. The summed E-state index contributed by atoms with van der Waals surface area (Å²) in [6, 6.07) is -1.39. The Bertz CT molecular complexity index is 420. The monoisotopic (exact) mass is 215 g/mol. The van der Waals surface area contributed by atoms with Gasteiger partial charge in [-0.05, 0) is 0 Å². The van der Waals surface area contributed by atoms with Crippen molar-refractivity contribution >= 4 is 11.9 Å². The lowest BCUT2D eigenvalue weighted by Crippen LogP contribution is -2.43. The van der Waals surface area contributed by atoms with E-state index in [-0.39, 0.29) is 5.69 Å². The first-order valence-electron chi connectivity index (χ1n) is 3.97. The van der Waals surface area contributed by atoms with Crippen LogP contribution in [-0.2, 0) is 4.79 Å². The third-order valence-electron chi connectivity index (χ3n) is 1.63. The average Bonchev–Trinajstić information content (AvgIpc) is 2.60. The molecule has 1 aromatic rings. The normalized spacial score (nSPS) is 12.1. The standard InChI is InChI=1S/C7H9N3O5/c11-2-4(6(13)14)9-5(12)3-1-8-7(15)10-3/h1,4,11H,2H2,(H,9,12)(H,13,14)(H2,8,10,15)/t4-/m0/s1. The number of carboxylic acids is 1. The summed E-state index contributed by atoms with van der Waals surface area (Å²) in [6.07, 6.45) is 1.11. The van der Waals surface area contributed by atoms with Crippen LogP contribution in [0.3, 0.4) is 0 Å². The molecule has 0 spiro atoms. The summed E-state index contributed by atoms with van der Waals surface area (Å²) in [5, 5.41) is 19.2. The van der Waals surface area contributed by atoms with Crippen molar-refractivity contribution in [3.05, 3.63) is 22.4 Å². The van der Waals surface area contributed by atoms with E-state index < -0.39 is 30.2 Å². The fourth-order valence-corrected chi connectivity index (χ4v) is 0.876. The molecule has 0 aromatic carbocycles. The van der Waals surface area contributed by atoms with Crippen LogP contribution in [0.4, 0.5) is 0 Å². The van der Waals surface area contributed by atoms with Gasteiger partial charge in [-0.2, -0.15) is 0 Å². The molecule has 0 saturated heterocycles. The molecule has 8 nitrogen and oxygen atoms in total. The number of aromatic nitrogens is 2. The maximum Gasteiger partial charge on any atom is 0.328 e. The number of carboxylic acid groups (broad SMARTS) is 1. The van der Waals surface area contributed by atoms with Crippen molar-refractivity contribution in [1.82, 2.24) is 15.3 Å². The SMILES string of the molecule is O=C(N[C@@H](CO)C(=O)O)c1c[nH]c(=O)[nH]1. The highest BCUT2D eigenvalue weighted by molar-refractivity contribution is 5.94. The summed E-state index contributed by atoms with van der Waals surface area (Å²) in [4.78, 5) is 36.7. The lowest BCUT2D eigenvalue weighted by molar-refractivity contribution is -0.140. The minimum absolute atomic E-state index is 0.0975. The zero-order valence-corrected chi connectivity index (χ0v) is 7.48. The predicted molar refractivity (Wildman–Crippen MR) is 47.4 cm³/mol. The van der Waals surface area contributed by atoms with Crippen LogP contribution in [0.15, 0.2) is 11.0 Å². The Labute approximate surface area is 82.9 Å². The molecule has 1 rings (SSSR count). The molecular formula is C7H9N3O5. The molecule has 1 aromatic heterocycles. The smallest absolute Gasteiger partial charge is 0.328 e. The van der Waals surface area contributed by atoms with Crippen molar-refractivity contribution < 1.29 is 19.8 Å². The highest BCUT2D eigenvalue weighted by Gasteiger charge is 2.20. The van der Waals surface area contributed by atoms with Gasteiger partial charge in [0, 0.05) is 6.20 Å². The number of hydrogen-bond acceptors (Lipinski definition) is 4. The number of nitrogens with one attached hydrogen (secondary N) is 3. The molecule has 0 aliphatic carbocycles. The quantitative estimate of drug-likeness (QED) is 0.391. The van der Waals surface area contributed by atoms with Crippen LogP contribution in [0, 0.1) is 0 Å². The molecule has 0 aliphatic rings. The van der Waals surface area contributed by atoms with Crippen molar-refractivity contribution in [2.45, 2.75) is 6.04 Å². The zero-order chi connectivity index (χ0) is 11.4. The summed E-state index contributed by atoms with van der Waals surface area (Å²) in [5.74, 6) is -2.14. The molecule has 0 radical (unpaired) electrons. The van der Waals surface area contributed by atoms with Gasteiger partial charge in [-0.15, -0.1) is 0 Å². The van der Waals surface area contributed by atoms with Crippen LogP contribution in [-0.4, -0.2) is 44.7 Å². The summed E-state index contributed by atoms with van der Waals surface area (Å²) in [6.45, 7) is -0.726. The van der Waals surface area contributed by atoms with Gasteiger partial charge in [0.05, 0.1) is 6.61 Å². The van der Waals surface area contributed by atoms with Gasteiger partial charge in [-0.25, -0.2) is 9.59 Å². The third-order valence-corrected chi connectivity index (χ3v) is 1.63. The predicted octanol–water partition coefficient (Wildman–Crippen LogP) is -2.12. The number of aliphatic hydroxyl groups is 1. The Morgan fingerprint density at radius 2 is 2.20 bits per heavy atom. The van der Waals surface area contributed by atoms with E-state index in [1.165, 1.54) is 0 Å². The maximum absolute atomic E-state index is 11.3. The number of aliphatic hydroxyl groups excluding tert-OH is 1. The molecule has 5 N–H and O–H groups in total. The number of aromatic amines is 2. The van der Waals surface area contributed by atoms with Crippen LogP contribution in [0.25, 0.3) is 0 Å². The zero-order valence-electron chi connectivity index (χ0n) is 7.48. The molecule has 1 amide bonds. The molecule has 0 unspecified atom stereocenters. The fourth-order valence-electron chi connectivity index (χ4n) is 0.876. The lowest BCUT2D eigenvalue weighted by Gasteiger charge is -2.09. The molecule has 1 heterocycles.